The SMILES string of the molecule is CC(C(=O)[O-])C(=O)OC(CC(=O)O)C[N+](C)(C)C. The molecule has 2 atom stereocenters. The predicted octanol–water partition coefficient (Wildman–Crippen LogP) is -1.53. The molecule has 0 aliphatic rings. The second-order valence-electron chi connectivity index (χ2n) is 5.17. The molecule has 0 saturated carbocycles. The van der Waals surface area contributed by atoms with Crippen molar-refractivity contribution in [3.05, 3.63) is 0 Å². The number of aliphatic carboxylic acids is 2. The zero-order valence-corrected chi connectivity index (χ0v) is 11.0. The maximum atomic E-state index is 11.4. The summed E-state index contributed by atoms with van der Waals surface area (Å²) in [5, 5.41) is 19.2. The van der Waals surface area contributed by atoms with Crippen molar-refractivity contribution in [3.63, 3.8) is 0 Å². The Balaban J connectivity index is 4.63. The molecular formula is C11H19NO6. The first-order valence-electron chi connectivity index (χ1n) is 5.46. The summed E-state index contributed by atoms with van der Waals surface area (Å²) in [6, 6.07) is 0. The smallest absolute Gasteiger partial charge is 0.314 e. The molecule has 0 amide bonds. The Morgan fingerprint density at radius 2 is 1.78 bits per heavy atom. The van der Waals surface area contributed by atoms with E-state index in [0.717, 1.165) is 6.92 Å². The van der Waals surface area contributed by atoms with Crippen LogP contribution in [0.4, 0.5) is 0 Å². The number of quaternary nitrogens is 1. The minimum Gasteiger partial charge on any atom is -0.549 e. The molecule has 104 valence electrons. The number of nitrogens with zero attached hydrogens (tertiary/aromatic N) is 1. The summed E-state index contributed by atoms with van der Waals surface area (Å²) < 4.78 is 5.30. The van der Waals surface area contributed by atoms with Crippen LogP contribution in [0.15, 0.2) is 0 Å². The van der Waals surface area contributed by atoms with Crippen molar-refractivity contribution in [2.24, 2.45) is 5.92 Å². The van der Waals surface area contributed by atoms with Crippen molar-refractivity contribution < 1.29 is 33.8 Å². The van der Waals surface area contributed by atoms with Gasteiger partial charge in [-0.3, -0.25) is 9.59 Å². The lowest BCUT2D eigenvalue weighted by atomic mass is 10.2. The molecular weight excluding hydrogens is 242 g/mol. The van der Waals surface area contributed by atoms with Gasteiger partial charge in [-0.2, -0.15) is 0 Å². The van der Waals surface area contributed by atoms with Crippen molar-refractivity contribution in [2.75, 3.05) is 27.7 Å². The highest BCUT2D eigenvalue weighted by molar-refractivity contribution is 5.92. The number of carbonyl (C=O) groups is 3. The number of rotatable bonds is 7. The third-order valence-corrected chi connectivity index (χ3v) is 2.14. The van der Waals surface area contributed by atoms with E-state index < -0.39 is 29.9 Å². The summed E-state index contributed by atoms with van der Waals surface area (Å²) in [7, 11) is 5.43. The van der Waals surface area contributed by atoms with E-state index in [2.05, 4.69) is 0 Å². The minimum atomic E-state index is -1.54. The van der Waals surface area contributed by atoms with Crippen LogP contribution in [0.3, 0.4) is 0 Å². The quantitative estimate of drug-likeness (QED) is 0.338. The van der Waals surface area contributed by atoms with Crippen LogP contribution >= 0.6 is 0 Å². The summed E-state index contributed by atoms with van der Waals surface area (Å²) >= 11 is 0. The number of carbonyl (C=O) groups excluding carboxylic acids is 2. The fourth-order valence-electron chi connectivity index (χ4n) is 1.31. The Labute approximate surface area is 106 Å². The molecule has 1 N–H and O–H groups in total. The Morgan fingerprint density at radius 1 is 1.28 bits per heavy atom. The van der Waals surface area contributed by atoms with Crippen molar-refractivity contribution in [3.8, 4) is 0 Å². The Kier molecular flexibility index (Phi) is 5.77. The molecule has 7 heteroatoms. The maximum Gasteiger partial charge on any atom is 0.314 e. The average molecular weight is 261 g/mol. The summed E-state index contributed by atoms with van der Waals surface area (Å²) in [6.45, 7) is 1.42. The normalized spacial score (nSPS) is 14.7. The standard InChI is InChI=1S/C11H19NO6/c1-7(10(15)16)11(17)18-8(5-9(13)14)6-12(2,3)4/h7-8H,5-6H2,1-4H3,(H-,13,14,15,16). The summed E-state index contributed by atoms with van der Waals surface area (Å²) in [5.74, 6) is -5.04. The Morgan fingerprint density at radius 3 is 2.11 bits per heavy atom. The largest absolute Gasteiger partial charge is 0.549 e. The van der Waals surface area contributed by atoms with Gasteiger partial charge in [-0.15, -0.1) is 0 Å². The zero-order valence-electron chi connectivity index (χ0n) is 11.0. The van der Waals surface area contributed by atoms with Crippen LogP contribution in [0.2, 0.25) is 0 Å². The van der Waals surface area contributed by atoms with E-state index in [1.54, 1.807) is 0 Å². The number of hydrogen-bond donors (Lipinski definition) is 1. The minimum absolute atomic E-state index is 0.276. The van der Waals surface area contributed by atoms with Crippen LogP contribution in [0.25, 0.3) is 0 Å². The van der Waals surface area contributed by atoms with Crippen LogP contribution in [0.5, 0.6) is 0 Å². The molecule has 0 saturated heterocycles. The zero-order chi connectivity index (χ0) is 14.5. The maximum absolute atomic E-state index is 11.4. The van der Waals surface area contributed by atoms with Gasteiger partial charge < -0.3 is 24.2 Å². The highest BCUT2D eigenvalue weighted by Crippen LogP contribution is 2.08. The summed E-state index contributed by atoms with van der Waals surface area (Å²) in [6.07, 6.45) is -1.22. The van der Waals surface area contributed by atoms with Gasteiger partial charge in [0.15, 0.2) is 6.10 Å². The fraction of sp³-hybridized carbons (Fsp3) is 0.727. The van der Waals surface area contributed by atoms with E-state index in [-0.39, 0.29) is 13.0 Å². The first-order chi connectivity index (χ1) is 8.03. The number of ether oxygens (including phenoxy) is 1. The lowest BCUT2D eigenvalue weighted by Crippen LogP contribution is -2.45. The van der Waals surface area contributed by atoms with Crippen LogP contribution in [-0.2, 0) is 19.1 Å². The number of carboxylic acid groups (broad SMARTS) is 2. The average Bonchev–Trinajstić information content (AvgIpc) is 2.11. The van der Waals surface area contributed by atoms with E-state index in [4.69, 9.17) is 9.84 Å². The fourth-order valence-corrected chi connectivity index (χ4v) is 1.31. The van der Waals surface area contributed by atoms with Crippen LogP contribution in [0, 0.1) is 5.92 Å². The number of esters is 1. The molecule has 0 spiro atoms. The molecule has 0 aromatic rings. The van der Waals surface area contributed by atoms with Gasteiger partial charge in [0.2, 0.25) is 0 Å². The van der Waals surface area contributed by atoms with E-state index >= 15 is 0 Å². The van der Waals surface area contributed by atoms with Gasteiger partial charge in [0.1, 0.15) is 6.54 Å². The molecule has 0 bridgehead atoms. The van der Waals surface area contributed by atoms with E-state index in [1.807, 2.05) is 21.1 Å². The van der Waals surface area contributed by atoms with Gasteiger partial charge in [-0.05, 0) is 6.92 Å². The van der Waals surface area contributed by atoms with Gasteiger partial charge in [0.25, 0.3) is 0 Å². The van der Waals surface area contributed by atoms with E-state index in [0.29, 0.717) is 4.48 Å². The molecule has 0 rings (SSSR count). The number of hydrogen-bond acceptors (Lipinski definition) is 5. The van der Waals surface area contributed by atoms with Crippen LogP contribution in [0.1, 0.15) is 13.3 Å². The molecule has 18 heavy (non-hydrogen) atoms. The van der Waals surface area contributed by atoms with Crippen LogP contribution in [-0.4, -0.2) is 61.3 Å². The van der Waals surface area contributed by atoms with Gasteiger partial charge >= 0.3 is 11.9 Å². The van der Waals surface area contributed by atoms with Gasteiger partial charge in [-0.1, -0.05) is 0 Å². The van der Waals surface area contributed by atoms with Crippen molar-refractivity contribution in [2.45, 2.75) is 19.4 Å². The Bertz CT molecular complexity index is 333. The highest BCUT2D eigenvalue weighted by atomic mass is 16.5. The summed E-state index contributed by atoms with van der Waals surface area (Å²) in [4.78, 5) is 32.6. The molecule has 0 radical (unpaired) electrons. The predicted molar refractivity (Wildman–Crippen MR) is 59.2 cm³/mol. The molecule has 2 unspecified atom stereocenters. The molecule has 0 heterocycles. The van der Waals surface area contributed by atoms with Crippen LogP contribution < -0.4 is 5.11 Å². The van der Waals surface area contributed by atoms with Crippen molar-refractivity contribution >= 4 is 17.9 Å². The monoisotopic (exact) mass is 261 g/mol. The lowest BCUT2D eigenvalue weighted by Gasteiger charge is -2.29. The lowest BCUT2D eigenvalue weighted by molar-refractivity contribution is -0.873. The molecule has 0 aromatic carbocycles. The third kappa shape index (κ3) is 6.85. The molecule has 7 nitrogen and oxygen atoms in total. The molecule has 0 aliphatic heterocycles. The van der Waals surface area contributed by atoms with E-state index in [1.165, 1.54) is 0 Å². The summed E-state index contributed by atoms with van der Waals surface area (Å²) in [5.41, 5.74) is 0. The first kappa shape index (κ1) is 16.4. The van der Waals surface area contributed by atoms with Crippen molar-refractivity contribution in [1.82, 2.24) is 0 Å². The second kappa shape index (κ2) is 6.34. The van der Waals surface area contributed by atoms with Gasteiger partial charge in [0, 0.05) is 0 Å². The molecule has 0 aromatic heterocycles. The number of likely N-dealkylation sites (N-methyl/N-ethyl adjacent to an activating group) is 1. The Hall–Kier alpha value is -1.63. The van der Waals surface area contributed by atoms with E-state index in [9.17, 15) is 19.5 Å². The number of carboxylic acids is 2. The highest BCUT2D eigenvalue weighted by Gasteiger charge is 2.27. The molecule has 0 fully saturated rings. The second-order valence-corrected chi connectivity index (χ2v) is 5.17. The topological polar surface area (TPSA) is 104 Å². The third-order valence-electron chi connectivity index (χ3n) is 2.14. The van der Waals surface area contributed by atoms with Crippen molar-refractivity contribution in [1.29, 1.82) is 0 Å². The van der Waals surface area contributed by atoms with Gasteiger partial charge in [0.05, 0.1) is 39.5 Å². The first-order valence-corrected chi connectivity index (χ1v) is 5.46. The molecule has 0 aliphatic carbocycles. The van der Waals surface area contributed by atoms with Gasteiger partial charge in [-0.25, -0.2) is 0 Å².